The van der Waals surface area contributed by atoms with Crippen molar-refractivity contribution < 1.29 is 19.4 Å². The Hall–Kier alpha value is -2.05. The second kappa shape index (κ2) is 7.45. The molecule has 1 aromatic carbocycles. The van der Waals surface area contributed by atoms with Crippen molar-refractivity contribution in [3.8, 4) is 11.5 Å². The number of hydrogen-bond acceptors (Lipinski definition) is 5. The molecule has 25 heavy (non-hydrogen) atoms. The van der Waals surface area contributed by atoms with Gasteiger partial charge in [-0.05, 0) is 48.9 Å². The zero-order valence-electron chi connectivity index (χ0n) is 14.7. The predicted octanol–water partition coefficient (Wildman–Crippen LogP) is 3.71. The highest BCUT2D eigenvalue weighted by Crippen LogP contribution is 2.42. The van der Waals surface area contributed by atoms with E-state index in [1.807, 2.05) is 18.2 Å². The fourth-order valence-corrected chi connectivity index (χ4v) is 4.61. The first-order valence-electron chi connectivity index (χ1n) is 8.31. The summed E-state index contributed by atoms with van der Waals surface area (Å²) in [6, 6.07) is 7.22. The Kier molecular flexibility index (Phi) is 5.30. The van der Waals surface area contributed by atoms with E-state index < -0.39 is 12.0 Å². The Balaban J connectivity index is 2.12. The zero-order chi connectivity index (χ0) is 18.0. The van der Waals surface area contributed by atoms with Crippen molar-refractivity contribution >= 4 is 17.3 Å². The Morgan fingerprint density at radius 2 is 2.12 bits per heavy atom. The molecule has 6 heteroatoms. The van der Waals surface area contributed by atoms with Crippen molar-refractivity contribution in [3.63, 3.8) is 0 Å². The summed E-state index contributed by atoms with van der Waals surface area (Å²) in [5, 5.41) is 11.7. The van der Waals surface area contributed by atoms with E-state index in [0.29, 0.717) is 12.2 Å². The maximum absolute atomic E-state index is 11.8. The van der Waals surface area contributed by atoms with E-state index >= 15 is 0 Å². The Morgan fingerprint density at radius 3 is 2.72 bits per heavy atom. The average Bonchev–Trinajstić information content (AvgIpc) is 3.25. The lowest BCUT2D eigenvalue weighted by molar-refractivity contribution is -0.142. The van der Waals surface area contributed by atoms with E-state index in [2.05, 4.69) is 23.3 Å². The summed E-state index contributed by atoms with van der Waals surface area (Å²) in [4.78, 5) is 15.0. The number of ether oxygens (including phenoxy) is 2. The quantitative estimate of drug-likeness (QED) is 0.850. The van der Waals surface area contributed by atoms with Gasteiger partial charge in [-0.1, -0.05) is 0 Å². The molecule has 134 valence electrons. The molecule has 0 saturated carbocycles. The van der Waals surface area contributed by atoms with Crippen molar-refractivity contribution in [2.24, 2.45) is 0 Å². The largest absolute Gasteiger partial charge is 0.497 e. The lowest BCUT2D eigenvalue weighted by Gasteiger charge is -2.32. The standard InChI is InChI=1S/C19H23NO4S/c1-12-8-10-25-18(12)17(20-9-4-5-15(20)19(21)22)14-7-6-13(23-2)11-16(14)24-3/h6-8,10-11,15,17H,4-5,9H2,1-3H3,(H,21,22). The van der Waals surface area contributed by atoms with Gasteiger partial charge in [-0.3, -0.25) is 9.69 Å². The number of likely N-dealkylation sites (tertiary alicyclic amines) is 1. The Labute approximate surface area is 151 Å². The highest BCUT2D eigenvalue weighted by Gasteiger charge is 2.38. The van der Waals surface area contributed by atoms with E-state index in [0.717, 1.165) is 29.2 Å². The number of methoxy groups -OCH3 is 2. The minimum Gasteiger partial charge on any atom is -0.497 e. The van der Waals surface area contributed by atoms with Gasteiger partial charge in [0.15, 0.2) is 0 Å². The van der Waals surface area contributed by atoms with E-state index in [1.54, 1.807) is 25.6 Å². The van der Waals surface area contributed by atoms with Crippen molar-refractivity contribution in [1.29, 1.82) is 0 Å². The van der Waals surface area contributed by atoms with E-state index in [-0.39, 0.29) is 6.04 Å². The summed E-state index contributed by atoms with van der Waals surface area (Å²) < 4.78 is 10.9. The second-order valence-corrected chi connectivity index (χ2v) is 7.16. The van der Waals surface area contributed by atoms with Crippen LogP contribution in [0.3, 0.4) is 0 Å². The third-order valence-electron chi connectivity index (χ3n) is 4.80. The number of aryl methyl sites for hydroxylation is 1. The van der Waals surface area contributed by atoms with Gasteiger partial charge in [-0.2, -0.15) is 0 Å². The molecule has 0 aliphatic carbocycles. The van der Waals surface area contributed by atoms with Crippen LogP contribution >= 0.6 is 11.3 Å². The van der Waals surface area contributed by atoms with Gasteiger partial charge in [0.1, 0.15) is 17.5 Å². The molecular formula is C19H23NO4S. The van der Waals surface area contributed by atoms with E-state index in [1.165, 1.54) is 5.56 Å². The zero-order valence-corrected chi connectivity index (χ0v) is 15.5. The van der Waals surface area contributed by atoms with Gasteiger partial charge in [-0.25, -0.2) is 0 Å². The summed E-state index contributed by atoms with van der Waals surface area (Å²) in [7, 11) is 3.26. The molecule has 2 atom stereocenters. The normalized spacial score (nSPS) is 18.9. The number of rotatable bonds is 6. The molecule has 1 saturated heterocycles. The first-order valence-corrected chi connectivity index (χ1v) is 9.19. The van der Waals surface area contributed by atoms with Gasteiger partial charge in [-0.15, -0.1) is 11.3 Å². The van der Waals surface area contributed by atoms with Gasteiger partial charge in [0, 0.05) is 23.1 Å². The average molecular weight is 361 g/mol. The van der Waals surface area contributed by atoms with E-state index in [9.17, 15) is 9.90 Å². The van der Waals surface area contributed by atoms with Crippen LogP contribution in [0.2, 0.25) is 0 Å². The molecule has 2 heterocycles. The summed E-state index contributed by atoms with van der Waals surface area (Å²) in [6.45, 7) is 2.83. The van der Waals surface area contributed by atoms with Crippen LogP contribution < -0.4 is 9.47 Å². The molecule has 1 N–H and O–H groups in total. The molecular weight excluding hydrogens is 338 g/mol. The van der Waals surface area contributed by atoms with Crippen LogP contribution in [0.15, 0.2) is 29.6 Å². The number of carbonyl (C=O) groups is 1. The van der Waals surface area contributed by atoms with E-state index in [4.69, 9.17) is 9.47 Å². The van der Waals surface area contributed by atoms with Crippen LogP contribution in [-0.2, 0) is 4.79 Å². The number of nitrogens with zero attached hydrogens (tertiary/aromatic N) is 1. The van der Waals surface area contributed by atoms with Gasteiger partial charge in [0.05, 0.1) is 20.3 Å². The monoisotopic (exact) mass is 361 g/mol. The third-order valence-corrected chi connectivity index (χ3v) is 5.87. The van der Waals surface area contributed by atoms with Crippen LogP contribution in [0.5, 0.6) is 11.5 Å². The lowest BCUT2D eigenvalue weighted by atomic mass is 9.99. The molecule has 1 aliphatic rings. The van der Waals surface area contributed by atoms with Crippen LogP contribution in [0, 0.1) is 6.92 Å². The van der Waals surface area contributed by atoms with Crippen LogP contribution in [-0.4, -0.2) is 42.8 Å². The van der Waals surface area contributed by atoms with Crippen molar-refractivity contribution in [2.75, 3.05) is 20.8 Å². The molecule has 0 radical (unpaired) electrons. The molecule has 0 amide bonds. The summed E-state index contributed by atoms with van der Waals surface area (Å²) in [5.41, 5.74) is 2.14. The maximum Gasteiger partial charge on any atom is 0.320 e. The third kappa shape index (κ3) is 3.37. The highest BCUT2D eigenvalue weighted by molar-refractivity contribution is 7.10. The molecule has 2 unspecified atom stereocenters. The molecule has 5 nitrogen and oxygen atoms in total. The topological polar surface area (TPSA) is 59.0 Å². The fraction of sp³-hybridized carbons (Fsp3) is 0.421. The Bertz CT molecular complexity index is 758. The molecule has 1 fully saturated rings. The fourth-order valence-electron chi connectivity index (χ4n) is 3.54. The van der Waals surface area contributed by atoms with Crippen molar-refractivity contribution in [3.05, 3.63) is 45.6 Å². The molecule has 1 aromatic heterocycles. The summed E-state index contributed by atoms with van der Waals surface area (Å²) in [5.74, 6) is 0.677. The molecule has 0 bridgehead atoms. The molecule has 2 aromatic rings. The number of benzene rings is 1. The first kappa shape index (κ1) is 17.8. The number of aliphatic carboxylic acids is 1. The second-order valence-electron chi connectivity index (χ2n) is 6.21. The van der Waals surface area contributed by atoms with Crippen LogP contribution in [0.25, 0.3) is 0 Å². The SMILES string of the molecule is COc1ccc(C(c2sccc2C)N2CCCC2C(=O)O)c(OC)c1. The van der Waals surface area contributed by atoms with Gasteiger partial charge in [0.2, 0.25) is 0 Å². The number of thiophene rings is 1. The smallest absolute Gasteiger partial charge is 0.320 e. The summed E-state index contributed by atoms with van der Waals surface area (Å²) >= 11 is 1.66. The summed E-state index contributed by atoms with van der Waals surface area (Å²) in [6.07, 6.45) is 1.56. The number of hydrogen-bond donors (Lipinski definition) is 1. The maximum atomic E-state index is 11.8. The number of carboxylic acid groups (broad SMARTS) is 1. The highest BCUT2D eigenvalue weighted by atomic mass is 32.1. The van der Waals surface area contributed by atoms with Crippen LogP contribution in [0.4, 0.5) is 0 Å². The first-order chi connectivity index (χ1) is 12.1. The Morgan fingerprint density at radius 1 is 1.32 bits per heavy atom. The van der Waals surface area contributed by atoms with Crippen molar-refractivity contribution in [2.45, 2.75) is 31.8 Å². The molecule has 1 aliphatic heterocycles. The van der Waals surface area contributed by atoms with Gasteiger partial charge in [0.25, 0.3) is 0 Å². The van der Waals surface area contributed by atoms with Crippen molar-refractivity contribution in [1.82, 2.24) is 4.90 Å². The predicted molar refractivity (Wildman–Crippen MR) is 97.8 cm³/mol. The van der Waals surface area contributed by atoms with Gasteiger partial charge >= 0.3 is 5.97 Å². The number of carboxylic acids is 1. The minimum absolute atomic E-state index is 0.135. The lowest BCUT2D eigenvalue weighted by Crippen LogP contribution is -2.39. The molecule has 3 rings (SSSR count). The van der Waals surface area contributed by atoms with Gasteiger partial charge < -0.3 is 14.6 Å². The van der Waals surface area contributed by atoms with Crippen LogP contribution in [0.1, 0.15) is 34.9 Å². The molecule has 0 spiro atoms. The minimum atomic E-state index is -0.760.